The Bertz CT molecular complexity index is 1170. The normalized spacial score (nSPS) is 13.4. The van der Waals surface area contributed by atoms with Gasteiger partial charge in [0.05, 0.1) is 34.4 Å². The minimum absolute atomic E-state index is 0.0382. The van der Waals surface area contributed by atoms with Crippen LogP contribution in [0.25, 0.3) is 0 Å². The van der Waals surface area contributed by atoms with E-state index in [1.807, 2.05) is 33.3 Å². The molecule has 0 saturated carbocycles. The molecule has 0 fully saturated rings. The summed E-state index contributed by atoms with van der Waals surface area (Å²) >= 11 is 0. The summed E-state index contributed by atoms with van der Waals surface area (Å²) in [5.74, 6) is -1.57. The number of unbranched alkanes of at least 4 members (excludes halogenated alkanes) is 19. The quantitative estimate of drug-likeness (QED) is 0.0282. The summed E-state index contributed by atoms with van der Waals surface area (Å²) in [7, 11) is 5.51. The van der Waals surface area contributed by atoms with Gasteiger partial charge >= 0.3 is 17.9 Å². The molecule has 0 amide bonds. The Morgan fingerprint density at radius 2 is 0.933 bits per heavy atom. The molecule has 2 unspecified atom stereocenters. The zero-order valence-electron chi connectivity index (χ0n) is 39.4. The van der Waals surface area contributed by atoms with Crippen LogP contribution in [0.4, 0.5) is 0 Å². The van der Waals surface area contributed by atoms with E-state index in [9.17, 15) is 19.5 Å². The van der Waals surface area contributed by atoms with Crippen LogP contribution in [0, 0.1) is 0 Å². The fourth-order valence-electron chi connectivity index (χ4n) is 6.97. The Kier molecular flexibility index (Phi) is 40.6. The Morgan fingerprint density at radius 3 is 1.35 bits per heavy atom. The SMILES string of the molecule is CC/C=C/C/C=C/C/C=C/C/C=C/C/C=C/CCC(=O)OCC(COCCC(C(=O)O)[N+](C)(C)C)OC(=O)CCCCCCCCCCCCCCCCCCCCCC. The number of aliphatic carboxylic acids is 1. The van der Waals surface area contributed by atoms with Crippen molar-refractivity contribution in [1.29, 1.82) is 0 Å². The molecule has 0 heterocycles. The molecular weight excluding hydrogens is 751 g/mol. The molecule has 0 aromatic heterocycles. The van der Waals surface area contributed by atoms with Crippen molar-refractivity contribution in [1.82, 2.24) is 0 Å². The number of rotatable bonds is 43. The Balaban J connectivity index is 4.34. The fourth-order valence-corrected chi connectivity index (χ4v) is 6.97. The topological polar surface area (TPSA) is 99.1 Å². The van der Waals surface area contributed by atoms with Gasteiger partial charge in [0.1, 0.15) is 6.61 Å². The predicted octanol–water partition coefficient (Wildman–Crippen LogP) is 13.8. The number of carboxylic acids is 1. The van der Waals surface area contributed by atoms with Crippen molar-refractivity contribution < 1.29 is 38.2 Å². The van der Waals surface area contributed by atoms with Gasteiger partial charge in [-0.25, -0.2) is 4.79 Å². The van der Waals surface area contributed by atoms with Crippen LogP contribution in [-0.2, 0) is 28.6 Å². The standard InChI is InChI=1S/C52H91NO7/c1-6-8-10-12-14-16-18-20-22-24-25-26-27-29-31-33-35-37-39-41-43-51(55)60-48(46-58-45-44-49(52(56)57)53(3,4)5)47-59-50(54)42-40-38-36-34-32-30-28-23-21-19-17-15-13-11-9-7-2/h9,11,15,17,21,23,30,32,36,38,48-49H,6-8,10,12-14,16,18-20,22,24-29,31,33-35,37,39-47H2,1-5H3/p+1/b11-9+,17-15+,23-21+,32-30+,38-36+. The lowest BCUT2D eigenvalue weighted by atomic mass is 10.0. The van der Waals surface area contributed by atoms with E-state index in [0.29, 0.717) is 19.3 Å². The molecular formula is C52H92NO7+. The molecule has 0 bridgehead atoms. The first-order valence-corrected chi connectivity index (χ1v) is 24.3. The highest BCUT2D eigenvalue weighted by Gasteiger charge is 2.31. The van der Waals surface area contributed by atoms with Gasteiger partial charge in [-0.05, 0) is 44.9 Å². The molecule has 0 aliphatic heterocycles. The minimum atomic E-state index is -0.884. The number of carbonyl (C=O) groups excluding carboxylic acids is 2. The number of carbonyl (C=O) groups is 3. The summed E-state index contributed by atoms with van der Waals surface area (Å²) < 4.78 is 17.2. The van der Waals surface area contributed by atoms with Crippen LogP contribution in [0.2, 0.25) is 0 Å². The predicted molar refractivity (Wildman–Crippen MR) is 252 cm³/mol. The number of hydrogen-bond donors (Lipinski definition) is 1. The molecule has 0 saturated heterocycles. The van der Waals surface area contributed by atoms with Crippen molar-refractivity contribution in [3.8, 4) is 0 Å². The number of quaternary nitrogens is 1. The second kappa shape index (κ2) is 42.7. The van der Waals surface area contributed by atoms with Crippen LogP contribution in [-0.4, -0.2) is 80.6 Å². The first-order chi connectivity index (χ1) is 29.1. The summed E-state index contributed by atoms with van der Waals surface area (Å²) in [6, 6.07) is -0.626. The summed E-state index contributed by atoms with van der Waals surface area (Å²) in [5.41, 5.74) is 0. The van der Waals surface area contributed by atoms with Crippen molar-refractivity contribution in [3.63, 3.8) is 0 Å². The van der Waals surface area contributed by atoms with Gasteiger partial charge in [0, 0.05) is 19.3 Å². The zero-order chi connectivity index (χ0) is 44.2. The third kappa shape index (κ3) is 40.4. The summed E-state index contributed by atoms with van der Waals surface area (Å²) in [6.07, 6.45) is 52.9. The molecule has 0 spiro atoms. The molecule has 8 heteroatoms. The van der Waals surface area contributed by atoms with Crippen LogP contribution in [0.5, 0.6) is 0 Å². The number of ether oxygens (including phenoxy) is 3. The monoisotopic (exact) mass is 843 g/mol. The van der Waals surface area contributed by atoms with Gasteiger partial charge < -0.3 is 23.8 Å². The summed E-state index contributed by atoms with van der Waals surface area (Å²) in [5, 5.41) is 9.64. The Labute approximate surface area is 368 Å². The van der Waals surface area contributed by atoms with Gasteiger partial charge in [-0.2, -0.15) is 0 Å². The van der Waals surface area contributed by atoms with E-state index in [-0.39, 0.29) is 42.7 Å². The number of esters is 2. The van der Waals surface area contributed by atoms with Gasteiger partial charge in [-0.15, -0.1) is 0 Å². The van der Waals surface area contributed by atoms with Crippen molar-refractivity contribution in [3.05, 3.63) is 60.8 Å². The minimum Gasteiger partial charge on any atom is -0.477 e. The molecule has 0 aromatic carbocycles. The summed E-state index contributed by atoms with van der Waals surface area (Å²) in [4.78, 5) is 37.0. The second-order valence-electron chi connectivity index (χ2n) is 17.3. The number of likely N-dealkylation sites (N-methyl/N-ethyl adjacent to an activating group) is 1. The lowest BCUT2D eigenvalue weighted by Gasteiger charge is -2.31. The van der Waals surface area contributed by atoms with E-state index < -0.39 is 18.1 Å². The lowest BCUT2D eigenvalue weighted by Crippen LogP contribution is -2.50. The highest BCUT2D eigenvalue weighted by molar-refractivity contribution is 5.72. The Hall–Kier alpha value is -2.97. The van der Waals surface area contributed by atoms with Gasteiger partial charge in [0.25, 0.3) is 0 Å². The highest BCUT2D eigenvalue weighted by Crippen LogP contribution is 2.16. The van der Waals surface area contributed by atoms with Crippen LogP contribution < -0.4 is 0 Å². The maximum Gasteiger partial charge on any atom is 0.362 e. The smallest absolute Gasteiger partial charge is 0.362 e. The number of carboxylic acid groups (broad SMARTS) is 1. The van der Waals surface area contributed by atoms with E-state index >= 15 is 0 Å². The molecule has 0 aliphatic carbocycles. The van der Waals surface area contributed by atoms with E-state index in [0.717, 1.165) is 51.4 Å². The van der Waals surface area contributed by atoms with E-state index in [2.05, 4.69) is 62.5 Å². The average Bonchev–Trinajstić information content (AvgIpc) is 3.21. The lowest BCUT2D eigenvalue weighted by molar-refractivity contribution is -0.887. The van der Waals surface area contributed by atoms with Gasteiger partial charge in [-0.3, -0.25) is 9.59 Å². The van der Waals surface area contributed by atoms with E-state index in [1.54, 1.807) is 0 Å². The van der Waals surface area contributed by atoms with Gasteiger partial charge in [0.2, 0.25) is 0 Å². The maximum atomic E-state index is 12.8. The van der Waals surface area contributed by atoms with Crippen molar-refractivity contribution in [2.24, 2.45) is 0 Å². The second-order valence-corrected chi connectivity index (χ2v) is 17.3. The van der Waals surface area contributed by atoms with E-state index in [4.69, 9.17) is 14.2 Å². The molecule has 1 N–H and O–H groups in total. The first kappa shape index (κ1) is 57.0. The third-order valence-corrected chi connectivity index (χ3v) is 10.7. The van der Waals surface area contributed by atoms with E-state index in [1.165, 1.54) is 109 Å². The highest BCUT2D eigenvalue weighted by atomic mass is 16.6. The van der Waals surface area contributed by atoms with Gasteiger partial charge in [-0.1, -0.05) is 197 Å². The Morgan fingerprint density at radius 1 is 0.517 bits per heavy atom. The summed E-state index contributed by atoms with van der Waals surface area (Å²) in [6.45, 7) is 4.56. The third-order valence-electron chi connectivity index (χ3n) is 10.7. The van der Waals surface area contributed by atoms with Crippen LogP contribution in [0.3, 0.4) is 0 Å². The number of hydrogen-bond acceptors (Lipinski definition) is 6. The van der Waals surface area contributed by atoms with Crippen molar-refractivity contribution in [2.75, 3.05) is 41.0 Å². The van der Waals surface area contributed by atoms with Crippen molar-refractivity contribution in [2.45, 2.75) is 212 Å². The zero-order valence-corrected chi connectivity index (χ0v) is 39.4. The number of nitrogens with zero attached hydrogens (tertiary/aromatic N) is 1. The average molecular weight is 843 g/mol. The largest absolute Gasteiger partial charge is 0.477 e. The molecule has 0 aliphatic rings. The fraction of sp³-hybridized carbons (Fsp3) is 0.750. The van der Waals surface area contributed by atoms with Gasteiger partial charge in [0.15, 0.2) is 12.1 Å². The molecule has 8 nitrogen and oxygen atoms in total. The molecule has 0 radical (unpaired) electrons. The molecule has 346 valence electrons. The molecule has 2 atom stereocenters. The molecule has 0 rings (SSSR count). The maximum absolute atomic E-state index is 12.8. The first-order valence-electron chi connectivity index (χ1n) is 24.3. The molecule has 0 aromatic rings. The van der Waals surface area contributed by atoms with Crippen molar-refractivity contribution >= 4 is 17.9 Å². The van der Waals surface area contributed by atoms with Crippen LogP contribution in [0.15, 0.2) is 60.8 Å². The van der Waals surface area contributed by atoms with Crippen LogP contribution >= 0.6 is 0 Å². The molecule has 60 heavy (non-hydrogen) atoms. The van der Waals surface area contributed by atoms with Crippen LogP contribution in [0.1, 0.15) is 200 Å². The number of allylic oxidation sites excluding steroid dienone is 10.